The lowest BCUT2D eigenvalue weighted by atomic mass is 10.1. The van der Waals surface area contributed by atoms with Crippen molar-refractivity contribution in [3.63, 3.8) is 0 Å². The molecule has 0 radical (unpaired) electrons. The Morgan fingerprint density at radius 3 is 2.62 bits per heavy atom. The Hall–Kier alpha value is -0.600. The number of hydrogen-bond acceptors (Lipinski definition) is 1. The fourth-order valence-corrected chi connectivity index (χ4v) is 3.08. The topological polar surface area (TPSA) is 0 Å². The maximum atomic E-state index is 3.75. The van der Waals surface area contributed by atoms with Crippen molar-refractivity contribution in [3.05, 3.63) is 58.3 Å². The first-order valence-electron chi connectivity index (χ1n) is 5.56. The third-order valence-electron chi connectivity index (χ3n) is 2.66. The minimum Gasteiger partial charge on any atom is -0.152 e. The molecule has 2 heteroatoms. The van der Waals surface area contributed by atoms with Crippen LogP contribution in [0, 0.1) is 0 Å². The molecule has 1 aromatic heterocycles. The van der Waals surface area contributed by atoms with Crippen LogP contribution in [0.15, 0.2) is 47.2 Å². The minimum absolute atomic E-state index is 0.493. The molecule has 1 aromatic carbocycles. The quantitative estimate of drug-likeness (QED) is 0.664. The van der Waals surface area contributed by atoms with Crippen molar-refractivity contribution in [2.24, 2.45) is 0 Å². The van der Waals surface area contributed by atoms with Crippen LogP contribution in [0.2, 0.25) is 0 Å². The van der Waals surface area contributed by atoms with Crippen LogP contribution in [0.1, 0.15) is 28.8 Å². The number of hydrogen-bond donors (Lipinski definition) is 0. The summed E-state index contributed by atoms with van der Waals surface area (Å²) in [5.74, 6) is 0. The highest BCUT2D eigenvalue weighted by Gasteiger charge is 2.06. The zero-order valence-electron chi connectivity index (χ0n) is 9.10. The van der Waals surface area contributed by atoms with Crippen LogP contribution in [-0.2, 0) is 6.42 Å². The average Bonchev–Trinajstić information content (AvgIpc) is 2.83. The third kappa shape index (κ3) is 3.46. The third-order valence-corrected chi connectivity index (χ3v) is 4.38. The Kier molecular flexibility index (Phi) is 4.61. The Bertz CT molecular complexity index is 394. The van der Waals surface area contributed by atoms with Crippen molar-refractivity contribution in [1.29, 1.82) is 0 Å². The van der Waals surface area contributed by atoms with Gasteiger partial charge in [-0.1, -0.05) is 46.3 Å². The standard InChI is InChI=1S/C14H15BrS/c15-14(13-6-2-1-3-7-13)8-4-5-12-9-10-16-11-12/h1-3,6-7,9-11,14H,4-5,8H2. The number of halogens is 1. The second-order valence-corrected chi connectivity index (χ2v) is 5.79. The Labute approximate surface area is 109 Å². The monoisotopic (exact) mass is 294 g/mol. The maximum Gasteiger partial charge on any atom is 0.0395 e. The van der Waals surface area contributed by atoms with Gasteiger partial charge in [-0.05, 0) is 47.2 Å². The van der Waals surface area contributed by atoms with Gasteiger partial charge in [0.05, 0.1) is 0 Å². The number of benzene rings is 1. The summed E-state index contributed by atoms with van der Waals surface area (Å²) in [6, 6.07) is 12.9. The predicted octanol–water partition coefficient (Wildman–Crippen LogP) is 5.21. The Morgan fingerprint density at radius 2 is 1.94 bits per heavy atom. The van der Waals surface area contributed by atoms with E-state index in [0.29, 0.717) is 4.83 Å². The summed E-state index contributed by atoms with van der Waals surface area (Å²) < 4.78 is 0. The summed E-state index contributed by atoms with van der Waals surface area (Å²) >= 11 is 5.54. The molecule has 1 unspecified atom stereocenters. The zero-order valence-corrected chi connectivity index (χ0v) is 11.5. The van der Waals surface area contributed by atoms with Crippen molar-refractivity contribution in [1.82, 2.24) is 0 Å². The molecule has 0 bridgehead atoms. The lowest BCUT2D eigenvalue weighted by Gasteiger charge is -2.09. The van der Waals surface area contributed by atoms with Crippen LogP contribution in [-0.4, -0.2) is 0 Å². The smallest absolute Gasteiger partial charge is 0.0395 e. The van der Waals surface area contributed by atoms with Gasteiger partial charge in [-0.15, -0.1) is 0 Å². The second kappa shape index (κ2) is 6.21. The summed E-state index contributed by atoms with van der Waals surface area (Å²) in [6.07, 6.45) is 3.62. The van der Waals surface area contributed by atoms with E-state index in [-0.39, 0.29) is 0 Å². The molecule has 0 saturated heterocycles. The van der Waals surface area contributed by atoms with E-state index in [2.05, 4.69) is 63.1 Å². The number of rotatable bonds is 5. The molecule has 0 aliphatic rings. The Balaban J connectivity index is 1.78. The molecule has 0 nitrogen and oxygen atoms in total. The highest BCUT2D eigenvalue weighted by Crippen LogP contribution is 2.28. The summed E-state index contributed by atoms with van der Waals surface area (Å²) in [4.78, 5) is 0.493. The van der Waals surface area contributed by atoms with E-state index < -0.39 is 0 Å². The molecule has 2 rings (SSSR count). The molecule has 16 heavy (non-hydrogen) atoms. The first-order valence-corrected chi connectivity index (χ1v) is 7.42. The molecule has 0 amide bonds. The van der Waals surface area contributed by atoms with Crippen LogP contribution in [0.25, 0.3) is 0 Å². The van der Waals surface area contributed by atoms with Gasteiger partial charge in [0.2, 0.25) is 0 Å². The average molecular weight is 295 g/mol. The van der Waals surface area contributed by atoms with Gasteiger partial charge in [-0.25, -0.2) is 0 Å². The predicted molar refractivity (Wildman–Crippen MR) is 75.4 cm³/mol. The van der Waals surface area contributed by atoms with E-state index in [1.165, 1.54) is 30.4 Å². The molecule has 0 spiro atoms. The number of aryl methyl sites for hydroxylation is 1. The van der Waals surface area contributed by atoms with Crippen LogP contribution in [0.3, 0.4) is 0 Å². The summed E-state index contributed by atoms with van der Waals surface area (Å²) in [5.41, 5.74) is 2.85. The molecule has 84 valence electrons. The molecule has 0 fully saturated rings. The van der Waals surface area contributed by atoms with E-state index in [0.717, 1.165) is 0 Å². The lowest BCUT2D eigenvalue weighted by Crippen LogP contribution is -1.91. The highest BCUT2D eigenvalue weighted by atomic mass is 79.9. The molecule has 0 aliphatic carbocycles. The van der Waals surface area contributed by atoms with Gasteiger partial charge < -0.3 is 0 Å². The van der Waals surface area contributed by atoms with Gasteiger partial charge in [0.25, 0.3) is 0 Å². The fraction of sp³-hybridized carbons (Fsp3) is 0.286. The van der Waals surface area contributed by atoms with Crippen molar-refractivity contribution < 1.29 is 0 Å². The molecule has 1 heterocycles. The highest BCUT2D eigenvalue weighted by molar-refractivity contribution is 9.09. The normalized spacial score (nSPS) is 12.6. The van der Waals surface area contributed by atoms with Gasteiger partial charge >= 0.3 is 0 Å². The van der Waals surface area contributed by atoms with E-state index in [1.807, 2.05) is 0 Å². The fourth-order valence-electron chi connectivity index (χ4n) is 1.75. The van der Waals surface area contributed by atoms with Crippen LogP contribution in [0.5, 0.6) is 0 Å². The first-order chi connectivity index (χ1) is 7.86. The van der Waals surface area contributed by atoms with E-state index >= 15 is 0 Å². The Morgan fingerprint density at radius 1 is 1.12 bits per heavy atom. The van der Waals surface area contributed by atoms with E-state index in [4.69, 9.17) is 0 Å². The minimum atomic E-state index is 0.493. The van der Waals surface area contributed by atoms with Crippen LogP contribution >= 0.6 is 27.3 Å². The van der Waals surface area contributed by atoms with Gasteiger partial charge in [-0.3, -0.25) is 0 Å². The summed E-state index contributed by atoms with van der Waals surface area (Å²) in [7, 11) is 0. The van der Waals surface area contributed by atoms with Gasteiger partial charge in [0.1, 0.15) is 0 Å². The molecule has 2 aromatic rings. The zero-order chi connectivity index (χ0) is 11.2. The molecular formula is C14H15BrS. The van der Waals surface area contributed by atoms with Crippen molar-refractivity contribution in [2.45, 2.75) is 24.1 Å². The van der Waals surface area contributed by atoms with Crippen LogP contribution < -0.4 is 0 Å². The van der Waals surface area contributed by atoms with Crippen LogP contribution in [0.4, 0.5) is 0 Å². The maximum absolute atomic E-state index is 3.75. The largest absolute Gasteiger partial charge is 0.152 e. The molecule has 0 saturated carbocycles. The molecule has 0 N–H and O–H groups in total. The van der Waals surface area contributed by atoms with Gasteiger partial charge in [0, 0.05) is 4.83 Å². The molecule has 1 atom stereocenters. The van der Waals surface area contributed by atoms with Crippen molar-refractivity contribution in [3.8, 4) is 0 Å². The van der Waals surface area contributed by atoms with E-state index in [1.54, 1.807) is 11.3 Å². The lowest BCUT2D eigenvalue weighted by molar-refractivity contribution is 0.731. The second-order valence-electron chi connectivity index (χ2n) is 3.90. The van der Waals surface area contributed by atoms with Gasteiger partial charge in [0.15, 0.2) is 0 Å². The number of thiophene rings is 1. The summed E-state index contributed by atoms with van der Waals surface area (Å²) in [6.45, 7) is 0. The summed E-state index contributed by atoms with van der Waals surface area (Å²) in [5, 5.41) is 4.39. The van der Waals surface area contributed by atoms with E-state index in [9.17, 15) is 0 Å². The first kappa shape index (κ1) is 11.9. The molecule has 0 aliphatic heterocycles. The van der Waals surface area contributed by atoms with Crippen molar-refractivity contribution >= 4 is 27.3 Å². The molecular weight excluding hydrogens is 280 g/mol. The van der Waals surface area contributed by atoms with Crippen molar-refractivity contribution in [2.75, 3.05) is 0 Å². The SMILES string of the molecule is BrC(CCCc1ccsc1)c1ccccc1. The van der Waals surface area contributed by atoms with Gasteiger partial charge in [-0.2, -0.15) is 11.3 Å². The number of alkyl halides is 1.